The highest BCUT2D eigenvalue weighted by Crippen LogP contribution is 2.22. The molecule has 152 valence electrons. The van der Waals surface area contributed by atoms with Crippen LogP contribution < -0.4 is 14.4 Å². The maximum Gasteiger partial charge on any atom is 0.232 e. The van der Waals surface area contributed by atoms with Crippen molar-refractivity contribution in [3.05, 3.63) is 60.2 Å². The predicted octanol–water partition coefficient (Wildman–Crippen LogP) is 2.99. The van der Waals surface area contributed by atoms with Crippen molar-refractivity contribution < 1.29 is 17.9 Å². The van der Waals surface area contributed by atoms with E-state index in [-0.39, 0.29) is 18.9 Å². The van der Waals surface area contributed by atoms with Crippen molar-refractivity contribution in [2.75, 3.05) is 30.3 Å². The van der Waals surface area contributed by atoms with Crippen LogP contribution in [0.3, 0.4) is 0 Å². The van der Waals surface area contributed by atoms with Gasteiger partial charge in [0.15, 0.2) is 0 Å². The summed E-state index contributed by atoms with van der Waals surface area (Å²) in [4.78, 5) is 12.0. The average Bonchev–Trinajstić information content (AvgIpc) is 2.66. The van der Waals surface area contributed by atoms with Crippen LogP contribution in [0.4, 0.5) is 5.69 Å². The molecule has 6 nitrogen and oxygen atoms in total. The van der Waals surface area contributed by atoms with Gasteiger partial charge in [-0.2, -0.15) is 0 Å². The molecule has 0 fully saturated rings. The summed E-state index contributed by atoms with van der Waals surface area (Å²) in [5, 5.41) is 2.88. The van der Waals surface area contributed by atoms with E-state index in [0.717, 1.165) is 6.42 Å². The molecule has 0 saturated heterocycles. The van der Waals surface area contributed by atoms with Gasteiger partial charge in [-0.3, -0.25) is 9.10 Å². The molecule has 28 heavy (non-hydrogen) atoms. The number of carbonyl (C=O) groups is 1. The maximum atomic E-state index is 12.1. The number of hydrogen-bond acceptors (Lipinski definition) is 4. The van der Waals surface area contributed by atoms with Crippen molar-refractivity contribution in [2.45, 2.75) is 26.2 Å². The van der Waals surface area contributed by atoms with E-state index in [1.54, 1.807) is 24.3 Å². The molecule has 0 unspecified atom stereocenters. The van der Waals surface area contributed by atoms with Gasteiger partial charge < -0.3 is 10.1 Å². The molecule has 0 bridgehead atoms. The van der Waals surface area contributed by atoms with Gasteiger partial charge in [0.05, 0.1) is 18.6 Å². The van der Waals surface area contributed by atoms with Crippen LogP contribution in [-0.2, 0) is 21.2 Å². The average molecular weight is 405 g/mol. The number of anilines is 1. The van der Waals surface area contributed by atoms with E-state index < -0.39 is 10.0 Å². The van der Waals surface area contributed by atoms with Gasteiger partial charge in [0.1, 0.15) is 5.75 Å². The second kappa shape index (κ2) is 10.7. The summed E-state index contributed by atoms with van der Waals surface area (Å²) in [6.07, 6.45) is 2.66. The Hall–Kier alpha value is -2.54. The molecule has 0 aliphatic heterocycles. The minimum Gasteiger partial charge on any atom is -0.494 e. The van der Waals surface area contributed by atoms with Crippen LogP contribution in [0, 0.1) is 0 Å². The van der Waals surface area contributed by atoms with Gasteiger partial charge in [0.25, 0.3) is 0 Å². The van der Waals surface area contributed by atoms with Crippen LogP contribution in [0.15, 0.2) is 54.6 Å². The zero-order valence-electron chi connectivity index (χ0n) is 16.4. The maximum absolute atomic E-state index is 12.1. The quantitative estimate of drug-likeness (QED) is 0.625. The Morgan fingerprint density at radius 3 is 2.36 bits per heavy atom. The standard InChI is InChI=1S/C21H28N2O4S/c1-3-27-20-13-11-19(12-14-20)23(28(2,25)26)17-7-10-21(24)22-16-15-18-8-5-4-6-9-18/h4-6,8-9,11-14H,3,7,10,15-17H2,1-2H3,(H,22,24). The molecular formula is C21H28N2O4S. The van der Waals surface area contributed by atoms with Crippen molar-refractivity contribution in [2.24, 2.45) is 0 Å². The molecule has 0 heterocycles. The highest BCUT2D eigenvalue weighted by molar-refractivity contribution is 7.92. The number of benzene rings is 2. The predicted molar refractivity (Wildman–Crippen MR) is 112 cm³/mol. The fraction of sp³-hybridized carbons (Fsp3) is 0.381. The van der Waals surface area contributed by atoms with Crippen molar-refractivity contribution in [3.8, 4) is 5.75 Å². The third-order valence-electron chi connectivity index (χ3n) is 4.18. The van der Waals surface area contributed by atoms with E-state index in [4.69, 9.17) is 4.74 Å². The molecule has 0 radical (unpaired) electrons. The minimum absolute atomic E-state index is 0.0731. The highest BCUT2D eigenvalue weighted by Gasteiger charge is 2.17. The summed E-state index contributed by atoms with van der Waals surface area (Å²) >= 11 is 0. The number of ether oxygens (including phenoxy) is 1. The molecule has 0 atom stereocenters. The van der Waals surface area contributed by atoms with E-state index in [9.17, 15) is 13.2 Å². The van der Waals surface area contributed by atoms with E-state index >= 15 is 0 Å². The Labute approximate surface area is 167 Å². The first-order valence-corrected chi connectivity index (χ1v) is 11.3. The van der Waals surface area contributed by atoms with E-state index in [1.807, 2.05) is 37.3 Å². The number of sulfonamides is 1. The van der Waals surface area contributed by atoms with Gasteiger partial charge in [0.2, 0.25) is 15.9 Å². The van der Waals surface area contributed by atoms with Crippen LogP contribution in [-0.4, -0.2) is 40.3 Å². The summed E-state index contributed by atoms with van der Waals surface area (Å²) in [7, 11) is -3.43. The lowest BCUT2D eigenvalue weighted by Gasteiger charge is -2.22. The molecule has 2 aromatic rings. The summed E-state index contributed by atoms with van der Waals surface area (Å²) < 4.78 is 31.0. The molecule has 0 aliphatic rings. The number of amides is 1. The zero-order chi connectivity index (χ0) is 20.4. The number of nitrogens with zero attached hydrogens (tertiary/aromatic N) is 1. The van der Waals surface area contributed by atoms with E-state index in [1.165, 1.54) is 16.1 Å². The Morgan fingerprint density at radius 1 is 1.07 bits per heavy atom. The van der Waals surface area contributed by atoms with Crippen LogP contribution in [0.1, 0.15) is 25.3 Å². The SMILES string of the molecule is CCOc1ccc(N(CCCC(=O)NCCc2ccccc2)S(C)(=O)=O)cc1. The molecule has 1 N–H and O–H groups in total. The smallest absolute Gasteiger partial charge is 0.232 e. The molecule has 7 heteroatoms. The second-order valence-corrected chi connectivity index (χ2v) is 8.36. The molecule has 0 saturated carbocycles. The van der Waals surface area contributed by atoms with Crippen LogP contribution in [0.5, 0.6) is 5.75 Å². The highest BCUT2D eigenvalue weighted by atomic mass is 32.2. The molecule has 2 rings (SSSR count). The lowest BCUT2D eigenvalue weighted by atomic mass is 10.1. The van der Waals surface area contributed by atoms with Crippen LogP contribution >= 0.6 is 0 Å². The molecule has 0 spiro atoms. The van der Waals surface area contributed by atoms with Crippen LogP contribution in [0.2, 0.25) is 0 Å². The monoisotopic (exact) mass is 404 g/mol. The summed E-state index contributed by atoms with van der Waals surface area (Å²) in [5.41, 5.74) is 1.73. The Morgan fingerprint density at radius 2 is 1.75 bits per heavy atom. The first-order chi connectivity index (χ1) is 13.4. The first-order valence-electron chi connectivity index (χ1n) is 9.41. The third kappa shape index (κ3) is 7.23. The molecule has 2 aromatic carbocycles. The fourth-order valence-corrected chi connectivity index (χ4v) is 3.79. The topological polar surface area (TPSA) is 75.7 Å². The fourth-order valence-electron chi connectivity index (χ4n) is 2.82. The van der Waals surface area contributed by atoms with E-state index in [0.29, 0.717) is 31.0 Å². The molecular weight excluding hydrogens is 376 g/mol. The van der Waals surface area contributed by atoms with Gasteiger partial charge in [0, 0.05) is 19.5 Å². The number of rotatable bonds is 11. The van der Waals surface area contributed by atoms with Crippen molar-refractivity contribution >= 4 is 21.6 Å². The lowest BCUT2D eigenvalue weighted by Crippen LogP contribution is -2.32. The Bertz CT molecular complexity index is 836. The summed E-state index contributed by atoms with van der Waals surface area (Å²) in [5.74, 6) is 0.619. The Kier molecular flexibility index (Phi) is 8.32. The Balaban J connectivity index is 1.82. The van der Waals surface area contributed by atoms with Gasteiger partial charge in [-0.1, -0.05) is 30.3 Å². The van der Waals surface area contributed by atoms with Gasteiger partial charge in [-0.05, 0) is 49.6 Å². The van der Waals surface area contributed by atoms with Crippen molar-refractivity contribution in [1.82, 2.24) is 5.32 Å². The molecule has 0 aliphatic carbocycles. The van der Waals surface area contributed by atoms with E-state index in [2.05, 4.69) is 5.32 Å². The van der Waals surface area contributed by atoms with Gasteiger partial charge >= 0.3 is 0 Å². The molecule has 0 aromatic heterocycles. The second-order valence-electron chi connectivity index (χ2n) is 6.45. The van der Waals surface area contributed by atoms with Crippen LogP contribution in [0.25, 0.3) is 0 Å². The first kappa shape index (κ1) is 21.8. The van der Waals surface area contributed by atoms with Gasteiger partial charge in [-0.25, -0.2) is 8.42 Å². The number of carbonyl (C=O) groups excluding carboxylic acids is 1. The largest absolute Gasteiger partial charge is 0.494 e. The number of nitrogens with one attached hydrogen (secondary N) is 1. The van der Waals surface area contributed by atoms with Crippen molar-refractivity contribution in [1.29, 1.82) is 0 Å². The minimum atomic E-state index is -3.43. The van der Waals surface area contributed by atoms with Gasteiger partial charge in [-0.15, -0.1) is 0 Å². The lowest BCUT2D eigenvalue weighted by molar-refractivity contribution is -0.121. The zero-order valence-corrected chi connectivity index (χ0v) is 17.2. The number of hydrogen-bond donors (Lipinski definition) is 1. The molecule has 1 amide bonds. The normalized spacial score (nSPS) is 11.1. The summed E-state index contributed by atoms with van der Waals surface area (Å²) in [6, 6.07) is 16.9. The summed E-state index contributed by atoms with van der Waals surface area (Å²) in [6.45, 7) is 3.26. The van der Waals surface area contributed by atoms with Crippen molar-refractivity contribution in [3.63, 3.8) is 0 Å². The third-order valence-corrected chi connectivity index (χ3v) is 5.37.